The Morgan fingerprint density at radius 1 is 1.38 bits per heavy atom. The van der Waals surface area contributed by atoms with Crippen LogP contribution in [0.3, 0.4) is 0 Å². The van der Waals surface area contributed by atoms with Crippen LogP contribution in [0.4, 0.5) is 5.69 Å². The Labute approximate surface area is 105 Å². The molecule has 1 aromatic rings. The molecule has 0 heterocycles. The van der Waals surface area contributed by atoms with Gasteiger partial charge >= 0.3 is 0 Å². The first-order valence-corrected chi connectivity index (χ1v) is 6.03. The Morgan fingerprint density at radius 2 is 2.00 bits per heavy atom. The molecule has 1 aromatic carbocycles. The van der Waals surface area contributed by atoms with Crippen molar-refractivity contribution in [3.63, 3.8) is 0 Å². The number of nitrogens with one attached hydrogen (secondary N) is 1. The maximum atomic E-state index is 11.7. The molecule has 88 valence electrons. The minimum Gasteiger partial charge on any atom is -0.325 e. The van der Waals surface area contributed by atoms with E-state index < -0.39 is 6.04 Å². The maximum absolute atomic E-state index is 11.7. The smallest absolute Gasteiger partial charge is 0.241 e. The summed E-state index contributed by atoms with van der Waals surface area (Å²) in [5, 5.41) is 2.81. The highest BCUT2D eigenvalue weighted by Crippen LogP contribution is 2.19. The van der Waals surface area contributed by atoms with Crippen molar-refractivity contribution in [1.29, 1.82) is 0 Å². The van der Waals surface area contributed by atoms with E-state index in [1.807, 2.05) is 39.0 Å². The topological polar surface area (TPSA) is 55.1 Å². The first-order chi connectivity index (χ1) is 7.40. The third-order valence-electron chi connectivity index (χ3n) is 2.33. The van der Waals surface area contributed by atoms with Gasteiger partial charge in [-0.05, 0) is 36.6 Å². The standard InChI is InChI=1S/C12H17BrN2O/c1-7(2)11(14)12(16)15-10-5-8(3)4-9(13)6-10/h4-7,11H,14H2,1-3H3,(H,15,16). The minimum absolute atomic E-state index is 0.133. The predicted molar refractivity (Wildman–Crippen MR) is 70.3 cm³/mol. The fourth-order valence-corrected chi connectivity index (χ4v) is 1.94. The molecule has 0 bridgehead atoms. The summed E-state index contributed by atoms with van der Waals surface area (Å²) in [6.45, 7) is 5.83. The number of aryl methyl sites for hydroxylation is 1. The van der Waals surface area contributed by atoms with Crippen molar-refractivity contribution in [3.05, 3.63) is 28.2 Å². The summed E-state index contributed by atoms with van der Waals surface area (Å²) in [5.74, 6) is -0.0132. The number of hydrogen-bond donors (Lipinski definition) is 2. The van der Waals surface area contributed by atoms with E-state index >= 15 is 0 Å². The number of nitrogens with two attached hydrogens (primary N) is 1. The number of rotatable bonds is 3. The zero-order valence-electron chi connectivity index (χ0n) is 9.75. The normalized spacial score (nSPS) is 12.6. The largest absolute Gasteiger partial charge is 0.325 e. The first-order valence-electron chi connectivity index (χ1n) is 5.24. The van der Waals surface area contributed by atoms with Crippen molar-refractivity contribution >= 4 is 27.5 Å². The van der Waals surface area contributed by atoms with Crippen LogP contribution in [0.5, 0.6) is 0 Å². The molecule has 4 heteroatoms. The van der Waals surface area contributed by atoms with E-state index in [4.69, 9.17) is 5.73 Å². The summed E-state index contributed by atoms with van der Waals surface area (Å²) >= 11 is 3.39. The second-order valence-corrected chi connectivity index (χ2v) is 5.19. The van der Waals surface area contributed by atoms with Gasteiger partial charge in [-0.25, -0.2) is 0 Å². The van der Waals surface area contributed by atoms with Crippen LogP contribution in [0.25, 0.3) is 0 Å². The Kier molecular flexibility index (Phi) is 4.50. The summed E-state index contributed by atoms with van der Waals surface area (Å²) in [6, 6.07) is 5.28. The summed E-state index contributed by atoms with van der Waals surface area (Å²) in [7, 11) is 0. The lowest BCUT2D eigenvalue weighted by Gasteiger charge is -2.15. The quantitative estimate of drug-likeness (QED) is 0.897. The molecule has 3 nitrogen and oxygen atoms in total. The Balaban J connectivity index is 2.77. The van der Waals surface area contributed by atoms with Gasteiger partial charge in [0.05, 0.1) is 6.04 Å². The maximum Gasteiger partial charge on any atom is 0.241 e. The van der Waals surface area contributed by atoms with Crippen LogP contribution in [0.2, 0.25) is 0 Å². The molecular weight excluding hydrogens is 268 g/mol. The summed E-state index contributed by atoms with van der Waals surface area (Å²) < 4.78 is 0.945. The third kappa shape index (κ3) is 3.61. The average molecular weight is 285 g/mol. The molecule has 0 aliphatic heterocycles. The van der Waals surface area contributed by atoms with Crippen LogP contribution >= 0.6 is 15.9 Å². The molecule has 3 N–H and O–H groups in total. The van der Waals surface area contributed by atoms with Crippen molar-refractivity contribution in [2.45, 2.75) is 26.8 Å². The van der Waals surface area contributed by atoms with Crippen LogP contribution < -0.4 is 11.1 Å². The van der Waals surface area contributed by atoms with Crippen LogP contribution in [0.15, 0.2) is 22.7 Å². The van der Waals surface area contributed by atoms with E-state index in [0.29, 0.717) is 0 Å². The van der Waals surface area contributed by atoms with Gasteiger partial charge in [0.25, 0.3) is 0 Å². The number of carbonyl (C=O) groups is 1. The van der Waals surface area contributed by atoms with E-state index in [9.17, 15) is 4.79 Å². The number of carbonyl (C=O) groups excluding carboxylic acids is 1. The van der Waals surface area contributed by atoms with Gasteiger partial charge in [-0.1, -0.05) is 29.8 Å². The number of benzene rings is 1. The van der Waals surface area contributed by atoms with Crippen LogP contribution in [0.1, 0.15) is 19.4 Å². The molecule has 1 rings (SSSR count). The molecule has 1 amide bonds. The fraction of sp³-hybridized carbons (Fsp3) is 0.417. The lowest BCUT2D eigenvalue weighted by molar-refractivity contribution is -0.118. The van der Waals surface area contributed by atoms with Gasteiger partial charge in [0.1, 0.15) is 0 Å². The lowest BCUT2D eigenvalue weighted by Crippen LogP contribution is -2.39. The molecule has 0 saturated heterocycles. The van der Waals surface area contributed by atoms with Gasteiger partial charge in [0.15, 0.2) is 0 Å². The number of hydrogen-bond acceptors (Lipinski definition) is 2. The van der Waals surface area contributed by atoms with Crippen molar-refractivity contribution < 1.29 is 4.79 Å². The van der Waals surface area contributed by atoms with Gasteiger partial charge in [-0.15, -0.1) is 0 Å². The van der Waals surface area contributed by atoms with Gasteiger partial charge in [-0.2, -0.15) is 0 Å². The SMILES string of the molecule is Cc1cc(Br)cc(NC(=O)C(N)C(C)C)c1. The highest BCUT2D eigenvalue weighted by Gasteiger charge is 2.17. The average Bonchev–Trinajstić information content (AvgIpc) is 2.14. The second kappa shape index (κ2) is 5.46. The second-order valence-electron chi connectivity index (χ2n) is 4.28. The summed E-state index contributed by atoms with van der Waals surface area (Å²) in [6.07, 6.45) is 0. The van der Waals surface area contributed by atoms with Crippen molar-refractivity contribution in [2.24, 2.45) is 11.7 Å². The van der Waals surface area contributed by atoms with Crippen molar-refractivity contribution in [2.75, 3.05) is 5.32 Å². The monoisotopic (exact) mass is 284 g/mol. The van der Waals surface area contributed by atoms with E-state index in [-0.39, 0.29) is 11.8 Å². The molecule has 0 aromatic heterocycles. The lowest BCUT2D eigenvalue weighted by atomic mass is 10.0. The summed E-state index contributed by atoms with van der Waals surface area (Å²) in [4.78, 5) is 11.7. The molecule has 16 heavy (non-hydrogen) atoms. The van der Waals surface area contributed by atoms with Crippen molar-refractivity contribution in [3.8, 4) is 0 Å². The number of halogens is 1. The molecule has 0 fully saturated rings. The molecule has 0 aliphatic rings. The Morgan fingerprint density at radius 3 is 2.50 bits per heavy atom. The van der Waals surface area contributed by atoms with Gasteiger partial charge < -0.3 is 11.1 Å². The molecular formula is C12H17BrN2O. The summed E-state index contributed by atoms with van der Waals surface area (Å²) in [5.41, 5.74) is 7.62. The third-order valence-corrected chi connectivity index (χ3v) is 2.79. The van der Waals surface area contributed by atoms with Crippen LogP contribution in [0, 0.1) is 12.8 Å². The molecule has 0 radical (unpaired) electrons. The fourth-order valence-electron chi connectivity index (χ4n) is 1.34. The number of amides is 1. The Hall–Kier alpha value is -0.870. The Bertz CT molecular complexity index is 370. The van der Waals surface area contributed by atoms with Gasteiger partial charge in [0, 0.05) is 10.2 Å². The molecule has 0 spiro atoms. The zero-order valence-corrected chi connectivity index (χ0v) is 11.3. The molecule has 1 unspecified atom stereocenters. The first kappa shape index (κ1) is 13.2. The van der Waals surface area contributed by atoms with Crippen LogP contribution in [-0.2, 0) is 4.79 Å². The number of anilines is 1. The highest BCUT2D eigenvalue weighted by atomic mass is 79.9. The van der Waals surface area contributed by atoms with E-state index in [0.717, 1.165) is 15.7 Å². The molecule has 0 saturated carbocycles. The van der Waals surface area contributed by atoms with E-state index in [1.54, 1.807) is 0 Å². The zero-order chi connectivity index (χ0) is 12.3. The minimum atomic E-state index is -0.473. The van der Waals surface area contributed by atoms with Gasteiger partial charge in [0.2, 0.25) is 5.91 Å². The van der Waals surface area contributed by atoms with Crippen molar-refractivity contribution in [1.82, 2.24) is 0 Å². The van der Waals surface area contributed by atoms with Gasteiger partial charge in [-0.3, -0.25) is 4.79 Å². The highest BCUT2D eigenvalue weighted by molar-refractivity contribution is 9.10. The predicted octanol–water partition coefficient (Wildman–Crippen LogP) is 2.68. The molecule has 0 aliphatic carbocycles. The molecule has 1 atom stereocenters. The van der Waals surface area contributed by atoms with Crippen LogP contribution in [-0.4, -0.2) is 11.9 Å². The van der Waals surface area contributed by atoms with E-state index in [1.165, 1.54) is 0 Å². The van der Waals surface area contributed by atoms with E-state index in [2.05, 4.69) is 21.2 Å².